The molecular weight excluding hydrogens is 676 g/mol. The zero-order valence-electron chi connectivity index (χ0n) is 27.5. The van der Waals surface area contributed by atoms with Crippen molar-refractivity contribution in [3.8, 4) is 0 Å². The van der Waals surface area contributed by atoms with Gasteiger partial charge in [0, 0.05) is 87.8 Å². The molecule has 0 atom stereocenters. The molecule has 0 amide bonds. The summed E-state index contributed by atoms with van der Waals surface area (Å²) in [5.41, 5.74) is 2.36. The monoisotopic (exact) mass is 708 g/mol. The molecule has 4 rings (SSSR count). The van der Waals surface area contributed by atoms with Crippen LogP contribution in [0.15, 0.2) is 121 Å². The number of hydrogen-bond donors (Lipinski definition) is 0. The van der Waals surface area contributed by atoms with E-state index < -0.39 is 50.1 Å². The minimum atomic E-state index is -1.53. The highest BCUT2D eigenvalue weighted by Gasteiger charge is 2.11. The van der Waals surface area contributed by atoms with E-state index in [2.05, 4.69) is 19.9 Å². The molecule has 0 N–H and O–H groups in total. The number of carboxylic acids is 4. The maximum Gasteiger partial charge on any atom is 0.385 e. The molecular formula is C34H32N10O8. The maximum absolute atomic E-state index is 10.4. The van der Waals surface area contributed by atoms with Gasteiger partial charge in [-0.25, -0.2) is 0 Å². The molecule has 266 valence electrons. The molecule has 0 unspecified atom stereocenters. The number of benzene rings is 4. The molecule has 0 heterocycles. The lowest BCUT2D eigenvalue weighted by Gasteiger charge is -2.28. The van der Waals surface area contributed by atoms with Gasteiger partial charge in [0.2, 0.25) is 21.6 Å². The zero-order chi connectivity index (χ0) is 39.0. The first kappa shape index (κ1) is 44.4. The van der Waals surface area contributed by atoms with Crippen molar-refractivity contribution >= 4 is 46.6 Å². The Labute approximate surface area is 297 Å². The normalized spacial score (nSPS) is 8.96. The summed E-state index contributed by atoms with van der Waals surface area (Å²) < 4.78 is 0. The van der Waals surface area contributed by atoms with Gasteiger partial charge in [-0.2, -0.15) is 0 Å². The summed E-state index contributed by atoms with van der Waals surface area (Å²) in [4.78, 5) is 55.3. The Morgan fingerprint density at radius 2 is 0.558 bits per heavy atom. The molecule has 0 saturated heterocycles. The second-order valence-corrected chi connectivity index (χ2v) is 9.65. The zero-order valence-corrected chi connectivity index (χ0v) is 27.5. The van der Waals surface area contributed by atoms with E-state index >= 15 is 0 Å². The van der Waals surface area contributed by atoms with Crippen LogP contribution in [-0.4, -0.2) is 72.9 Å². The number of hydrogen-bond acceptors (Lipinski definition) is 14. The van der Waals surface area contributed by atoms with Gasteiger partial charge in [-0.15, -0.1) is 0 Å². The van der Waals surface area contributed by atoms with Gasteiger partial charge in [-0.1, -0.05) is 72.8 Å². The molecule has 4 aromatic rings. The molecule has 0 spiro atoms. The number of carbonyl (C=O) groups excluding carboxylic acids is 4. The predicted octanol–water partition coefficient (Wildman–Crippen LogP) is 1.27. The van der Waals surface area contributed by atoms with Crippen molar-refractivity contribution in [3.05, 3.63) is 141 Å². The molecule has 18 nitrogen and oxygen atoms in total. The van der Waals surface area contributed by atoms with Crippen LogP contribution in [0.2, 0.25) is 0 Å². The van der Waals surface area contributed by atoms with Gasteiger partial charge in [0.05, 0.1) is 23.9 Å². The highest BCUT2D eigenvalue weighted by atomic mass is 16.4. The van der Waals surface area contributed by atoms with Gasteiger partial charge < -0.3 is 39.6 Å². The van der Waals surface area contributed by atoms with E-state index in [9.17, 15) is 39.6 Å². The third-order valence-corrected chi connectivity index (χ3v) is 5.63. The molecule has 18 heteroatoms. The van der Waals surface area contributed by atoms with Crippen LogP contribution in [0.3, 0.4) is 0 Å². The first-order valence-corrected chi connectivity index (χ1v) is 14.8. The molecule has 0 fully saturated rings. The molecule has 0 bridgehead atoms. The number of carboxylic acid groups (broad SMARTS) is 4. The quantitative estimate of drug-likeness (QED) is 0.198. The van der Waals surface area contributed by atoms with Crippen molar-refractivity contribution in [2.75, 3.05) is 39.3 Å². The summed E-state index contributed by atoms with van der Waals surface area (Å²) >= 11 is 0. The molecule has 0 aliphatic rings. The largest absolute Gasteiger partial charge is 0.549 e. The van der Waals surface area contributed by atoms with E-state index in [1.54, 1.807) is 48.5 Å². The van der Waals surface area contributed by atoms with Gasteiger partial charge in [0.25, 0.3) is 0 Å². The molecule has 0 saturated carbocycles. The van der Waals surface area contributed by atoms with Crippen molar-refractivity contribution in [2.45, 2.75) is 0 Å². The summed E-state index contributed by atoms with van der Waals surface area (Å²) in [5.74, 6) is -6.12. The Hall–Kier alpha value is -7.64. The Bertz CT molecular complexity index is 1540. The standard InChI is InChI=1S/C10H16N2O8.4C6H5N2/c13-7(14)3-11(4-8(15)16)1-2-12(5-9(17)18)6-10(19)20;4*7-8-6-4-2-1-3-5-6/h1-6H2,(H,13,14)(H,15,16)(H,17,18)(H,19,20);4*1-5H/q;4*+1/p-4. The summed E-state index contributed by atoms with van der Waals surface area (Å²) in [6.07, 6.45) is 0. The van der Waals surface area contributed by atoms with Crippen LogP contribution >= 0.6 is 0 Å². The SMILES string of the molecule is N#[N+]c1ccccc1.N#[N+]c1ccccc1.N#[N+]c1ccccc1.N#[N+]c1ccccc1.O=C([O-])CN(CCN(CC(=O)[O-])CC(=O)[O-])CC(=O)[O-]. The lowest BCUT2D eigenvalue weighted by atomic mass is 10.3. The average Bonchev–Trinajstić information content (AvgIpc) is 3.15. The van der Waals surface area contributed by atoms with E-state index in [-0.39, 0.29) is 13.1 Å². The average molecular weight is 709 g/mol. The van der Waals surface area contributed by atoms with Gasteiger partial charge in [0.15, 0.2) is 19.9 Å². The third-order valence-electron chi connectivity index (χ3n) is 5.63. The summed E-state index contributed by atoms with van der Waals surface area (Å²) in [5, 5.41) is 74.3. The third kappa shape index (κ3) is 25.4. The predicted molar refractivity (Wildman–Crippen MR) is 178 cm³/mol. The first-order chi connectivity index (χ1) is 24.9. The van der Waals surface area contributed by atoms with Crippen LogP contribution in [0.4, 0.5) is 22.7 Å². The van der Waals surface area contributed by atoms with E-state index in [0.717, 1.165) is 9.80 Å². The lowest BCUT2D eigenvalue weighted by molar-refractivity contribution is -0.314. The second-order valence-electron chi connectivity index (χ2n) is 9.65. The Morgan fingerprint density at radius 1 is 0.385 bits per heavy atom. The van der Waals surface area contributed by atoms with Crippen molar-refractivity contribution in [1.29, 1.82) is 21.6 Å². The molecule has 0 aromatic heterocycles. The highest BCUT2D eigenvalue weighted by molar-refractivity contribution is 5.71. The number of aliphatic carboxylic acids is 4. The van der Waals surface area contributed by atoms with Crippen molar-refractivity contribution in [3.63, 3.8) is 0 Å². The number of rotatable bonds is 11. The fourth-order valence-electron chi connectivity index (χ4n) is 3.42. The number of nitrogens with zero attached hydrogens (tertiary/aromatic N) is 10. The van der Waals surface area contributed by atoms with Crippen molar-refractivity contribution < 1.29 is 39.6 Å². The molecule has 0 aliphatic carbocycles. The fourth-order valence-corrected chi connectivity index (χ4v) is 3.42. The van der Waals surface area contributed by atoms with Gasteiger partial charge >= 0.3 is 22.7 Å². The maximum atomic E-state index is 10.4. The van der Waals surface area contributed by atoms with E-state index in [1.807, 2.05) is 72.8 Å². The smallest absolute Gasteiger partial charge is 0.385 e. The second kappa shape index (κ2) is 28.4. The molecule has 0 radical (unpaired) electrons. The minimum Gasteiger partial charge on any atom is -0.549 e. The van der Waals surface area contributed by atoms with Crippen LogP contribution in [0.25, 0.3) is 19.9 Å². The first-order valence-electron chi connectivity index (χ1n) is 14.8. The fraction of sp³-hybridized carbons (Fsp3) is 0.176. The molecule has 52 heavy (non-hydrogen) atoms. The minimum absolute atomic E-state index is 0.206. The van der Waals surface area contributed by atoms with Crippen LogP contribution in [0.5, 0.6) is 0 Å². The van der Waals surface area contributed by atoms with Crippen LogP contribution in [-0.2, 0) is 19.2 Å². The Morgan fingerprint density at radius 3 is 0.673 bits per heavy atom. The van der Waals surface area contributed by atoms with Crippen LogP contribution in [0.1, 0.15) is 0 Å². The number of diazo groups is 4. The summed E-state index contributed by atoms with van der Waals surface area (Å²) in [7, 11) is 0. The van der Waals surface area contributed by atoms with Gasteiger partial charge in [0.1, 0.15) is 0 Å². The topological polar surface area (TPSA) is 280 Å². The summed E-state index contributed by atoms with van der Waals surface area (Å²) in [6, 6.07) is 35.8. The van der Waals surface area contributed by atoms with E-state index in [4.69, 9.17) is 21.6 Å². The van der Waals surface area contributed by atoms with Gasteiger partial charge in [-0.3, -0.25) is 9.80 Å². The van der Waals surface area contributed by atoms with Gasteiger partial charge in [-0.05, 0) is 0 Å². The lowest BCUT2D eigenvalue weighted by Crippen LogP contribution is -2.50. The Kier molecular flexibility index (Phi) is 24.2. The number of carbonyl (C=O) groups is 4. The molecule has 4 aromatic carbocycles. The van der Waals surface area contributed by atoms with E-state index in [0.29, 0.717) is 22.7 Å². The highest BCUT2D eigenvalue weighted by Crippen LogP contribution is 2.09. The summed E-state index contributed by atoms with van der Waals surface area (Å²) in [6.45, 7) is -3.25. The van der Waals surface area contributed by atoms with Crippen molar-refractivity contribution in [2.24, 2.45) is 0 Å². The molecule has 0 aliphatic heterocycles. The van der Waals surface area contributed by atoms with E-state index in [1.165, 1.54) is 0 Å². The van der Waals surface area contributed by atoms with Crippen LogP contribution in [0, 0.1) is 21.6 Å². The van der Waals surface area contributed by atoms with Crippen molar-refractivity contribution in [1.82, 2.24) is 9.80 Å². The Balaban J connectivity index is 0.000000674. The van der Waals surface area contributed by atoms with Crippen LogP contribution < -0.4 is 20.4 Å².